The lowest BCUT2D eigenvalue weighted by Gasteiger charge is -2.43. The molecule has 0 spiro atoms. The number of rotatable bonds is 2. The molecule has 0 radical (unpaired) electrons. The van der Waals surface area contributed by atoms with Crippen molar-refractivity contribution in [3.63, 3.8) is 0 Å². The number of carbonyl (C=O) groups is 2. The third-order valence-corrected chi connectivity index (χ3v) is 6.87. The highest BCUT2D eigenvalue weighted by molar-refractivity contribution is 7.91. The first kappa shape index (κ1) is 17.7. The summed E-state index contributed by atoms with van der Waals surface area (Å²) < 4.78 is 29.8. The van der Waals surface area contributed by atoms with Crippen molar-refractivity contribution >= 4 is 21.7 Å². The van der Waals surface area contributed by atoms with E-state index in [1.807, 2.05) is 0 Å². The minimum Gasteiger partial charge on any atom is -0.469 e. The fourth-order valence-corrected chi connectivity index (χ4v) is 5.84. The predicted molar refractivity (Wildman–Crippen MR) is 96.0 cm³/mol. The number of carbonyl (C=O) groups excluding carboxylic acids is 2. The van der Waals surface area contributed by atoms with Crippen LogP contribution in [0.2, 0.25) is 0 Å². The number of amides is 2. The quantitative estimate of drug-likeness (QED) is 0.751. The van der Waals surface area contributed by atoms with Crippen LogP contribution in [0.1, 0.15) is 26.6 Å². The number of hydrogen-bond acceptors (Lipinski definition) is 6. The topological polar surface area (TPSA) is 101 Å². The zero-order chi connectivity index (χ0) is 19.2. The number of piperazine rings is 1. The van der Waals surface area contributed by atoms with Crippen molar-refractivity contribution in [1.29, 1.82) is 0 Å². The lowest BCUT2D eigenvalue weighted by atomic mass is 10.0. The van der Waals surface area contributed by atoms with Crippen LogP contribution in [0.3, 0.4) is 0 Å². The second kappa shape index (κ2) is 6.49. The average Bonchev–Trinajstić information content (AvgIpc) is 3.22. The van der Waals surface area contributed by atoms with E-state index in [0.717, 1.165) is 0 Å². The standard InChI is InChI=1S/C18H19N3O5S/c1-12-13(5-9-26-12)17(22)20-7-8-21(16-11-27(24,25)10-15(16)20)18(23)14-4-2-3-6-19-14/h2-6,9,15-16H,7-8,10-11H2,1H3/t15-,16+/m1/s1. The second-order valence-electron chi connectivity index (χ2n) is 6.81. The molecule has 9 heteroatoms. The Bertz CT molecular complexity index is 985. The fraction of sp³-hybridized carbons (Fsp3) is 0.389. The minimum atomic E-state index is -3.35. The van der Waals surface area contributed by atoms with Gasteiger partial charge in [0.15, 0.2) is 9.84 Å². The molecule has 27 heavy (non-hydrogen) atoms. The maximum atomic E-state index is 12.9. The Morgan fingerprint density at radius 3 is 2.30 bits per heavy atom. The van der Waals surface area contributed by atoms with E-state index in [1.54, 1.807) is 41.0 Å². The highest BCUT2D eigenvalue weighted by Crippen LogP contribution is 2.29. The average molecular weight is 389 g/mol. The van der Waals surface area contributed by atoms with E-state index in [1.165, 1.54) is 12.5 Å². The van der Waals surface area contributed by atoms with E-state index in [9.17, 15) is 18.0 Å². The molecule has 2 aliphatic rings. The maximum absolute atomic E-state index is 12.9. The summed E-state index contributed by atoms with van der Waals surface area (Å²) in [7, 11) is -3.35. The van der Waals surface area contributed by atoms with Crippen molar-refractivity contribution in [3.05, 3.63) is 53.7 Å². The van der Waals surface area contributed by atoms with Crippen molar-refractivity contribution in [2.45, 2.75) is 19.0 Å². The summed E-state index contributed by atoms with van der Waals surface area (Å²) in [5, 5.41) is 0. The Morgan fingerprint density at radius 1 is 1.07 bits per heavy atom. The van der Waals surface area contributed by atoms with Gasteiger partial charge in [-0.25, -0.2) is 8.42 Å². The summed E-state index contributed by atoms with van der Waals surface area (Å²) >= 11 is 0. The number of pyridine rings is 1. The van der Waals surface area contributed by atoms with Crippen LogP contribution in [0.4, 0.5) is 0 Å². The Balaban J connectivity index is 1.65. The molecule has 0 N–H and O–H groups in total. The van der Waals surface area contributed by atoms with Gasteiger partial charge in [0.25, 0.3) is 11.8 Å². The van der Waals surface area contributed by atoms with Gasteiger partial charge in [0, 0.05) is 19.3 Å². The van der Waals surface area contributed by atoms with Gasteiger partial charge in [-0.05, 0) is 25.1 Å². The predicted octanol–water partition coefficient (Wildman–Crippen LogP) is 0.747. The summed E-state index contributed by atoms with van der Waals surface area (Å²) in [6, 6.07) is 5.47. The molecule has 0 unspecified atom stereocenters. The van der Waals surface area contributed by atoms with Crippen LogP contribution in [0, 0.1) is 6.92 Å². The molecule has 2 saturated heterocycles. The largest absolute Gasteiger partial charge is 0.469 e. The van der Waals surface area contributed by atoms with Crippen molar-refractivity contribution in [2.75, 3.05) is 24.6 Å². The zero-order valence-electron chi connectivity index (χ0n) is 14.7. The van der Waals surface area contributed by atoms with Gasteiger partial charge in [0.2, 0.25) is 0 Å². The van der Waals surface area contributed by atoms with E-state index in [4.69, 9.17) is 4.42 Å². The van der Waals surface area contributed by atoms with Gasteiger partial charge in [-0.3, -0.25) is 14.6 Å². The van der Waals surface area contributed by atoms with Crippen LogP contribution in [-0.4, -0.2) is 71.7 Å². The Kier molecular flexibility index (Phi) is 4.26. The molecule has 0 bridgehead atoms. The van der Waals surface area contributed by atoms with Gasteiger partial charge >= 0.3 is 0 Å². The van der Waals surface area contributed by atoms with Crippen LogP contribution in [0.5, 0.6) is 0 Å². The Morgan fingerprint density at radius 2 is 1.74 bits per heavy atom. The van der Waals surface area contributed by atoms with Gasteiger partial charge in [-0.1, -0.05) is 6.07 Å². The number of aryl methyl sites for hydroxylation is 1. The first-order valence-electron chi connectivity index (χ1n) is 8.65. The molecule has 2 atom stereocenters. The molecule has 0 saturated carbocycles. The molecule has 2 aromatic rings. The van der Waals surface area contributed by atoms with Crippen molar-refractivity contribution in [1.82, 2.24) is 14.8 Å². The molecule has 8 nitrogen and oxygen atoms in total. The van der Waals surface area contributed by atoms with E-state index >= 15 is 0 Å². The number of fused-ring (bicyclic) bond motifs is 1. The SMILES string of the molecule is Cc1occc1C(=O)N1CCN(C(=O)c2ccccn2)[C@H]2CS(=O)(=O)C[C@H]21. The van der Waals surface area contributed by atoms with Crippen molar-refractivity contribution < 1.29 is 22.4 Å². The highest BCUT2D eigenvalue weighted by atomic mass is 32.2. The number of furan rings is 1. The lowest BCUT2D eigenvalue weighted by Crippen LogP contribution is -2.62. The van der Waals surface area contributed by atoms with E-state index < -0.39 is 21.9 Å². The number of hydrogen-bond donors (Lipinski definition) is 0. The molecule has 4 rings (SSSR count). The molecular weight excluding hydrogens is 370 g/mol. The van der Waals surface area contributed by atoms with Crippen LogP contribution >= 0.6 is 0 Å². The third kappa shape index (κ3) is 3.12. The van der Waals surface area contributed by atoms with Crippen molar-refractivity contribution in [3.8, 4) is 0 Å². The van der Waals surface area contributed by atoms with E-state index in [0.29, 0.717) is 11.3 Å². The van der Waals surface area contributed by atoms with Crippen molar-refractivity contribution in [2.24, 2.45) is 0 Å². The minimum absolute atomic E-state index is 0.147. The fourth-order valence-electron chi connectivity index (χ4n) is 3.86. The molecular formula is C18H19N3O5S. The summed E-state index contributed by atoms with van der Waals surface area (Å²) in [5.74, 6) is -0.381. The van der Waals surface area contributed by atoms with E-state index in [-0.39, 0.29) is 42.1 Å². The Hall–Kier alpha value is -2.68. The molecule has 0 aromatic carbocycles. The Labute approximate surface area is 156 Å². The molecule has 2 aliphatic heterocycles. The maximum Gasteiger partial charge on any atom is 0.272 e. The van der Waals surface area contributed by atoms with Gasteiger partial charge < -0.3 is 14.2 Å². The van der Waals surface area contributed by atoms with E-state index in [2.05, 4.69) is 4.98 Å². The first-order chi connectivity index (χ1) is 12.9. The summed E-state index contributed by atoms with van der Waals surface area (Å²) in [6.07, 6.45) is 2.96. The number of aromatic nitrogens is 1. The molecule has 0 aliphatic carbocycles. The molecule has 2 fully saturated rings. The monoisotopic (exact) mass is 389 g/mol. The van der Waals surface area contributed by atoms with Crippen LogP contribution < -0.4 is 0 Å². The lowest BCUT2D eigenvalue weighted by molar-refractivity contribution is 0.0277. The zero-order valence-corrected chi connectivity index (χ0v) is 15.6. The normalized spacial score (nSPS) is 23.9. The number of nitrogens with zero attached hydrogens (tertiary/aromatic N) is 3. The summed E-state index contributed by atoms with van der Waals surface area (Å²) in [5.41, 5.74) is 0.688. The van der Waals surface area contributed by atoms with Gasteiger partial charge in [-0.2, -0.15) is 0 Å². The van der Waals surface area contributed by atoms with Crippen LogP contribution in [-0.2, 0) is 9.84 Å². The highest BCUT2D eigenvalue weighted by Gasteiger charge is 2.50. The third-order valence-electron chi connectivity index (χ3n) is 5.17. The molecule has 4 heterocycles. The van der Waals surface area contributed by atoms with Crippen LogP contribution in [0.15, 0.2) is 41.1 Å². The van der Waals surface area contributed by atoms with Gasteiger partial charge in [0.05, 0.1) is 35.4 Å². The first-order valence-corrected chi connectivity index (χ1v) is 10.5. The smallest absolute Gasteiger partial charge is 0.272 e. The molecule has 2 amide bonds. The second-order valence-corrected chi connectivity index (χ2v) is 8.97. The van der Waals surface area contributed by atoms with Gasteiger partial charge in [0.1, 0.15) is 11.5 Å². The molecule has 142 valence electrons. The number of sulfone groups is 1. The summed E-state index contributed by atoms with van der Waals surface area (Å²) in [4.78, 5) is 33.0. The molecule has 2 aromatic heterocycles. The summed E-state index contributed by atoms with van der Waals surface area (Å²) in [6.45, 7) is 2.21. The van der Waals surface area contributed by atoms with Gasteiger partial charge in [-0.15, -0.1) is 0 Å². The van der Waals surface area contributed by atoms with Crippen LogP contribution in [0.25, 0.3) is 0 Å².